The van der Waals surface area contributed by atoms with Gasteiger partial charge in [0.25, 0.3) is 0 Å². The standard InChI is InChI=1S/C47H30N2O2/c1-3-12-31(13-4-1)33-24-26-37(27-25-33)49(40-20-10-9-18-38(40)36-23-22-32-14-7-8-17-35(32)30-36)41-21-11-19-39-44-42(50-46(39)41)28-29-43-45(44)48-47(51-43)34-15-5-2-6-16-34/h1-30H. The molecule has 0 N–H and O–H groups in total. The highest BCUT2D eigenvalue weighted by atomic mass is 16.4. The highest BCUT2D eigenvalue weighted by molar-refractivity contribution is 6.19. The summed E-state index contributed by atoms with van der Waals surface area (Å²) in [5.74, 6) is 0.591. The average Bonchev–Trinajstić information content (AvgIpc) is 3.81. The summed E-state index contributed by atoms with van der Waals surface area (Å²) in [6.45, 7) is 0. The van der Waals surface area contributed by atoms with Crippen molar-refractivity contribution in [3.05, 3.63) is 182 Å². The molecule has 0 bridgehead atoms. The smallest absolute Gasteiger partial charge is 0.227 e. The van der Waals surface area contributed by atoms with Crippen LogP contribution in [0.25, 0.3) is 77.5 Å². The molecular weight excluding hydrogens is 625 g/mol. The minimum Gasteiger partial charge on any atom is -0.454 e. The van der Waals surface area contributed by atoms with Gasteiger partial charge in [-0.15, -0.1) is 0 Å². The van der Waals surface area contributed by atoms with Crippen LogP contribution in [0, 0.1) is 0 Å². The van der Waals surface area contributed by atoms with Gasteiger partial charge in [-0.3, -0.25) is 0 Å². The average molecular weight is 655 g/mol. The first-order valence-electron chi connectivity index (χ1n) is 17.1. The second-order valence-electron chi connectivity index (χ2n) is 12.8. The Morgan fingerprint density at radius 2 is 1.08 bits per heavy atom. The predicted octanol–water partition coefficient (Wildman–Crippen LogP) is 13.4. The van der Waals surface area contributed by atoms with Crippen molar-refractivity contribution in [1.29, 1.82) is 0 Å². The fraction of sp³-hybridized carbons (Fsp3) is 0. The summed E-state index contributed by atoms with van der Waals surface area (Å²) >= 11 is 0. The van der Waals surface area contributed by atoms with Crippen molar-refractivity contribution in [1.82, 2.24) is 4.98 Å². The number of anilines is 3. The Morgan fingerprint density at radius 3 is 1.90 bits per heavy atom. The molecule has 10 aromatic rings. The van der Waals surface area contributed by atoms with E-state index in [0.29, 0.717) is 5.89 Å². The zero-order valence-electron chi connectivity index (χ0n) is 27.5. The van der Waals surface area contributed by atoms with E-state index in [-0.39, 0.29) is 0 Å². The second-order valence-corrected chi connectivity index (χ2v) is 12.8. The molecular formula is C47H30N2O2. The van der Waals surface area contributed by atoms with E-state index in [1.54, 1.807) is 0 Å². The largest absolute Gasteiger partial charge is 0.454 e. The lowest BCUT2D eigenvalue weighted by molar-refractivity contribution is 0.619. The number of nitrogens with zero attached hydrogens (tertiary/aromatic N) is 2. The highest BCUT2D eigenvalue weighted by Crippen LogP contribution is 2.47. The summed E-state index contributed by atoms with van der Waals surface area (Å²) in [6.07, 6.45) is 0. The number of hydrogen-bond donors (Lipinski definition) is 0. The fourth-order valence-corrected chi connectivity index (χ4v) is 7.25. The van der Waals surface area contributed by atoms with Gasteiger partial charge in [-0.05, 0) is 82.1 Å². The molecule has 0 saturated heterocycles. The maximum atomic E-state index is 6.80. The van der Waals surface area contributed by atoms with Crippen LogP contribution in [-0.4, -0.2) is 4.98 Å². The summed E-state index contributed by atoms with van der Waals surface area (Å²) in [7, 11) is 0. The van der Waals surface area contributed by atoms with E-state index in [1.807, 2.05) is 48.5 Å². The van der Waals surface area contributed by atoms with Gasteiger partial charge in [0, 0.05) is 22.2 Å². The van der Waals surface area contributed by atoms with Crippen LogP contribution in [0.15, 0.2) is 191 Å². The van der Waals surface area contributed by atoms with Gasteiger partial charge in [0.1, 0.15) is 11.1 Å². The topological polar surface area (TPSA) is 42.4 Å². The van der Waals surface area contributed by atoms with Gasteiger partial charge in [-0.1, -0.05) is 127 Å². The molecule has 0 amide bonds. The molecule has 0 fully saturated rings. The molecule has 0 aliphatic carbocycles. The van der Waals surface area contributed by atoms with Crippen molar-refractivity contribution in [2.75, 3.05) is 4.90 Å². The molecule has 2 heterocycles. The van der Waals surface area contributed by atoms with E-state index in [9.17, 15) is 0 Å². The van der Waals surface area contributed by atoms with Crippen molar-refractivity contribution >= 4 is 60.9 Å². The first-order valence-corrected chi connectivity index (χ1v) is 17.1. The van der Waals surface area contributed by atoms with Gasteiger partial charge in [0.05, 0.1) is 16.8 Å². The third kappa shape index (κ3) is 4.96. The monoisotopic (exact) mass is 654 g/mol. The number of oxazole rings is 1. The molecule has 51 heavy (non-hydrogen) atoms. The lowest BCUT2D eigenvalue weighted by atomic mass is 9.98. The minimum absolute atomic E-state index is 0.591. The lowest BCUT2D eigenvalue weighted by Crippen LogP contribution is -2.11. The van der Waals surface area contributed by atoms with Crippen molar-refractivity contribution in [3.8, 4) is 33.7 Å². The number of aromatic nitrogens is 1. The van der Waals surface area contributed by atoms with Crippen LogP contribution in [0.4, 0.5) is 17.1 Å². The number of rotatable bonds is 6. The van der Waals surface area contributed by atoms with Crippen LogP contribution < -0.4 is 4.90 Å². The number of benzene rings is 8. The van der Waals surface area contributed by atoms with Crippen molar-refractivity contribution in [2.45, 2.75) is 0 Å². The van der Waals surface area contributed by atoms with Gasteiger partial charge in [0.15, 0.2) is 11.2 Å². The maximum absolute atomic E-state index is 6.80. The molecule has 240 valence electrons. The number of fused-ring (bicyclic) bond motifs is 6. The van der Waals surface area contributed by atoms with Crippen LogP contribution in [0.3, 0.4) is 0 Å². The Hall–Kier alpha value is -6.91. The zero-order valence-corrected chi connectivity index (χ0v) is 27.5. The van der Waals surface area contributed by atoms with E-state index < -0.39 is 0 Å². The molecule has 0 saturated carbocycles. The van der Waals surface area contributed by atoms with Gasteiger partial charge < -0.3 is 13.7 Å². The van der Waals surface area contributed by atoms with Crippen LogP contribution in [0.2, 0.25) is 0 Å². The SMILES string of the molecule is c1ccc(-c2ccc(N(c3ccccc3-c3ccc4ccccc4c3)c3cccc4c3oc3ccc5oc(-c6ccccc6)nc5c34)cc2)cc1. The molecule has 10 rings (SSSR count). The Labute approximate surface area is 294 Å². The molecule has 0 aliphatic rings. The van der Waals surface area contributed by atoms with Gasteiger partial charge in [-0.25, -0.2) is 4.98 Å². The lowest BCUT2D eigenvalue weighted by Gasteiger charge is -2.28. The van der Waals surface area contributed by atoms with E-state index in [1.165, 1.54) is 16.3 Å². The molecule has 0 radical (unpaired) electrons. The van der Waals surface area contributed by atoms with E-state index in [4.69, 9.17) is 13.8 Å². The first kappa shape index (κ1) is 29.0. The summed E-state index contributed by atoms with van der Waals surface area (Å²) in [5, 5.41) is 4.34. The zero-order chi connectivity index (χ0) is 33.7. The van der Waals surface area contributed by atoms with Crippen molar-refractivity contribution in [3.63, 3.8) is 0 Å². The third-order valence-corrected chi connectivity index (χ3v) is 9.70. The van der Waals surface area contributed by atoms with Gasteiger partial charge in [-0.2, -0.15) is 0 Å². The second kappa shape index (κ2) is 11.9. The molecule has 0 aliphatic heterocycles. The van der Waals surface area contributed by atoms with E-state index in [2.05, 4.69) is 138 Å². The van der Waals surface area contributed by atoms with E-state index in [0.717, 1.165) is 72.4 Å². The Morgan fingerprint density at radius 1 is 0.431 bits per heavy atom. The van der Waals surface area contributed by atoms with E-state index >= 15 is 0 Å². The summed E-state index contributed by atoms with van der Waals surface area (Å²) in [5.41, 5.74) is 11.6. The molecule has 0 unspecified atom stereocenters. The molecule has 4 heteroatoms. The predicted molar refractivity (Wildman–Crippen MR) is 210 cm³/mol. The van der Waals surface area contributed by atoms with Crippen LogP contribution in [-0.2, 0) is 0 Å². The normalized spacial score (nSPS) is 11.5. The number of furan rings is 1. The molecule has 2 aromatic heterocycles. The summed E-state index contributed by atoms with van der Waals surface area (Å²) < 4.78 is 13.1. The van der Waals surface area contributed by atoms with Gasteiger partial charge in [0.2, 0.25) is 5.89 Å². The number of para-hydroxylation sites is 2. The van der Waals surface area contributed by atoms with Crippen LogP contribution >= 0.6 is 0 Å². The Balaban J connectivity index is 1.20. The van der Waals surface area contributed by atoms with Crippen LogP contribution in [0.1, 0.15) is 0 Å². The molecule has 0 spiro atoms. The molecule has 4 nitrogen and oxygen atoms in total. The summed E-state index contributed by atoms with van der Waals surface area (Å²) in [4.78, 5) is 7.32. The van der Waals surface area contributed by atoms with Crippen LogP contribution in [0.5, 0.6) is 0 Å². The minimum atomic E-state index is 0.591. The fourth-order valence-electron chi connectivity index (χ4n) is 7.25. The first-order chi connectivity index (χ1) is 25.3. The number of hydrogen-bond acceptors (Lipinski definition) is 4. The third-order valence-electron chi connectivity index (χ3n) is 9.70. The maximum Gasteiger partial charge on any atom is 0.227 e. The molecule has 0 atom stereocenters. The summed E-state index contributed by atoms with van der Waals surface area (Å²) in [6, 6.07) is 63.4. The quantitative estimate of drug-likeness (QED) is 0.179. The molecule has 8 aromatic carbocycles. The van der Waals surface area contributed by atoms with Crippen molar-refractivity contribution < 1.29 is 8.83 Å². The Kier molecular flexibility index (Phi) is 6.78. The van der Waals surface area contributed by atoms with Crippen molar-refractivity contribution in [2.24, 2.45) is 0 Å². The Bertz CT molecular complexity index is 2850. The van der Waals surface area contributed by atoms with Gasteiger partial charge >= 0.3 is 0 Å². The highest BCUT2D eigenvalue weighted by Gasteiger charge is 2.24.